The van der Waals surface area contributed by atoms with E-state index < -0.39 is 0 Å². The van der Waals surface area contributed by atoms with Gasteiger partial charge in [-0.15, -0.1) is 0 Å². The number of rotatable bonds is 3. The molecular weight excluding hydrogens is 224 g/mol. The van der Waals surface area contributed by atoms with Gasteiger partial charge in [0.1, 0.15) is 0 Å². The Balaban J connectivity index is 2.08. The average Bonchev–Trinajstić information content (AvgIpc) is 2.48. The van der Waals surface area contributed by atoms with E-state index in [1.165, 1.54) is 0 Å². The van der Waals surface area contributed by atoms with Crippen LogP contribution in [0.5, 0.6) is 0 Å². The highest BCUT2D eigenvalue weighted by Crippen LogP contribution is 2.43. The van der Waals surface area contributed by atoms with Crippen molar-refractivity contribution in [1.29, 1.82) is 0 Å². The molecule has 1 fully saturated rings. The third-order valence-corrected chi connectivity index (χ3v) is 3.83. The van der Waals surface area contributed by atoms with Crippen LogP contribution in [0.25, 0.3) is 0 Å². The molecule has 0 aliphatic carbocycles. The molecular formula is C15H24N2O. The Morgan fingerprint density at radius 3 is 2.61 bits per heavy atom. The summed E-state index contributed by atoms with van der Waals surface area (Å²) in [6.45, 7) is 8.57. The van der Waals surface area contributed by atoms with E-state index in [-0.39, 0.29) is 17.2 Å². The van der Waals surface area contributed by atoms with E-state index in [1.54, 1.807) is 0 Å². The number of hydrogen-bond acceptors (Lipinski definition) is 3. The molecule has 2 N–H and O–H groups in total. The average molecular weight is 248 g/mol. The molecule has 0 saturated carbocycles. The van der Waals surface area contributed by atoms with Crippen molar-refractivity contribution in [1.82, 2.24) is 4.98 Å². The minimum atomic E-state index is -0.155. The van der Waals surface area contributed by atoms with Crippen molar-refractivity contribution < 1.29 is 4.74 Å². The molecule has 1 aromatic rings. The smallest absolute Gasteiger partial charge is 0.0677 e. The molecule has 3 nitrogen and oxygen atoms in total. The van der Waals surface area contributed by atoms with E-state index in [9.17, 15) is 0 Å². The second-order valence-electron chi connectivity index (χ2n) is 6.46. The Morgan fingerprint density at radius 2 is 2.11 bits per heavy atom. The van der Waals surface area contributed by atoms with Crippen LogP contribution in [0.4, 0.5) is 0 Å². The third kappa shape index (κ3) is 2.90. The first-order valence-electron chi connectivity index (χ1n) is 6.66. The summed E-state index contributed by atoms with van der Waals surface area (Å²) >= 11 is 0. The van der Waals surface area contributed by atoms with Crippen LogP contribution in [-0.4, -0.2) is 22.2 Å². The number of nitrogens with zero attached hydrogens (tertiary/aromatic N) is 1. The van der Waals surface area contributed by atoms with Crippen molar-refractivity contribution in [2.45, 2.75) is 57.8 Å². The van der Waals surface area contributed by atoms with Gasteiger partial charge in [-0.05, 0) is 46.2 Å². The van der Waals surface area contributed by atoms with Crippen molar-refractivity contribution in [2.75, 3.05) is 0 Å². The zero-order valence-corrected chi connectivity index (χ0v) is 11.8. The zero-order valence-electron chi connectivity index (χ0n) is 11.8. The predicted octanol–water partition coefficient (Wildman–Crippen LogP) is 2.55. The maximum Gasteiger partial charge on any atom is 0.0677 e. The predicted molar refractivity (Wildman–Crippen MR) is 73.3 cm³/mol. The lowest BCUT2D eigenvalue weighted by Crippen LogP contribution is -2.42. The Hall–Kier alpha value is -0.930. The molecule has 1 aliphatic rings. The van der Waals surface area contributed by atoms with Gasteiger partial charge in [0.15, 0.2) is 0 Å². The monoisotopic (exact) mass is 248 g/mol. The lowest BCUT2D eigenvalue weighted by molar-refractivity contribution is -0.0765. The Labute approximate surface area is 110 Å². The molecule has 18 heavy (non-hydrogen) atoms. The van der Waals surface area contributed by atoms with Gasteiger partial charge in [0.25, 0.3) is 0 Å². The van der Waals surface area contributed by atoms with Gasteiger partial charge in [0.05, 0.1) is 11.2 Å². The first-order chi connectivity index (χ1) is 8.30. The summed E-state index contributed by atoms with van der Waals surface area (Å²) in [4.78, 5) is 4.35. The summed E-state index contributed by atoms with van der Waals surface area (Å²) in [5.74, 6) is 0.370. The molecule has 0 spiro atoms. The molecule has 0 bridgehead atoms. The Bertz CT molecular complexity index is 400. The second kappa shape index (κ2) is 4.63. The Kier molecular flexibility index (Phi) is 3.47. The van der Waals surface area contributed by atoms with E-state index in [0.717, 1.165) is 18.5 Å². The minimum Gasteiger partial charge on any atom is -0.369 e. The van der Waals surface area contributed by atoms with Gasteiger partial charge >= 0.3 is 0 Å². The van der Waals surface area contributed by atoms with E-state index in [2.05, 4.69) is 32.7 Å². The molecule has 1 aliphatic heterocycles. The van der Waals surface area contributed by atoms with Gasteiger partial charge in [-0.25, -0.2) is 0 Å². The summed E-state index contributed by atoms with van der Waals surface area (Å²) in [6, 6.07) is 6.07. The second-order valence-corrected chi connectivity index (χ2v) is 6.46. The SMILES string of the molecule is CC1(C)CC(C(N)Cc2ccccn2)C(C)(C)O1. The van der Waals surface area contributed by atoms with Crippen molar-refractivity contribution >= 4 is 0 Å². The normalized spacial score (nSPS) is 27.1. The molecule has 2 heterocycles. The van der Waals surface area contributed by atoms with Gasteiger partial charge in [-0.1, -0.05) is 6.07 Å². The lowest BCUT2D eigenvalue weighted by atomic mass is 9.80. The van der Waals surface area contributed by atoms with Crippen molar-refractivity contribution in [3.63, 3.8) is 0 Å². The van der Waals surface area contributed by atoms with Crippen LogP contribution in [-0.2, 0) is 11.2 Å². The summed E-state index contributed by atoms with van der Waals surface area (Å²) < 4.78 is 6.11. The quantitative estimate of drug-likeness (QED) is 0.894. The van der Waals surface area contributed by atoms with Gasteiger partial charge < -0.3 is 10.5 Å². The maximum atomic E-state index is 6.39. The Morgan fingerprint density at radius 1 is 1.39 bits per heavy atom. The minimum absolute atomic E-state index is 0.0735. The molecule has 1 saturated heterocycles. The lowest BCUT2D eigenvalue weighted by Gasteiger charge is -2.30. The zero-order chi connectivity index (χ0) is 13.4. The van der Waals surface area contributed by atoms with Crippen LogP contribution in [0, 0.1) is 5.92 Å². The van der Waals surface area contributed by atoms with Crippen molar-refractivity contribution in [3.8, 4) is 0 Å². The van der Waals surface area contributed by atoms with Crippen LogP contribution in [0.3, 0.4) is 0 Å². The van der Waals surface area contributed by atoms with Crippen LogP contribution >= 0.6 is 0 Å². The third-order valence-electron chi connectivity index (χ3n) is 3.83. The standard InChI is InChI=1S/C15H24N2O/c1-14(2)10-12(15(3,4)18-14)13(16)9-11-7-5-6-8-17-11/h5-8,12-13H,9-10,16H2,1-4H3. The number of nitrogens with two attached hydrogens (primary N) is 1. The van der Waals surface area contributed by atoms with E-state index in [0.29, 0.717) is 5.92 Å². The molecule has 0 radical (unpaired) electrons. The fraction of sp³-hybridized carbons (Fsp3) is 0.667. The van der Waals surface area contributed by atoms with Crippen molar-refractivity contribution in [3.05, 3.63) is 30.1 Å². The highest BCUT2D eigenvalue weighted by molar-refractivity contribution is 5.08. The largest absolute Gasteiger partial charge is 0.369 e. The first-order valence-corrected chi connectivity index (χ1v) is 6.66. The summed E-state index contributed by atoms with van der Waals surface area (Å²) in [5.41, 5.74) is 7.22. The van der Waals surface area contributed by atoms with E-state index in [1.807, 2.05) is 24.4 Å². The van der Waals surface area contributed by atoms with Crippen molar-refractivity contribution in [2.24, 2.45) is 11.7 Å². The molecule has 1 aromatic heterocycles. The highest BCUT2D eigenvalue weighted by atomic mass is 16.5. The van der Waals surface area contributed by atoms with Crippen LogP contribution in [0.2, 0.25) is 0 Å². The fourth-order valence-electron chi connectivity index (χ4n) is 3.17. The molecule has 3 heteroatoms. The fourth-order valence-corrected chi connectivity index (χ4v) is 3.17. The molecule has 2 rings (SSSR count). The summed E-state index contributed by atoms with van der Waals surface area (Å²) in [5, 5.41) is 0. The van der Waals surface area contributed by atoms with Crippen LogP contribution < -0.4 is 5.73 Å². The van der Waals surface area contributed by atoms with Crippen LogP contribution in [0.15, 0.2) is 24.4 Å². The van der Waals surface area contributed by atoms with Crippen LogP contribution in [0.1, 0.15) is 39.8 Å². The van der Waals surface area contributed by atoms with E-state index >= 15 is 0 Å². The first kappa shape index (κ1) is 13.5. The number of aromatic nitrogens is 1. The van der Waals surface area contributed by atoms with Gasteiger partial charge in [-0.3, -0.25) is 4.98 Å². The topological polar surface area (TPSA) is 48.1 Å². The summed E-state index contributed by atoms with van der Waals surface area (Å²) in [6.07, 6.45) is 3.64. The van der Waals surface area contributed by atoms with Gasteiger partial charge in [0.2, 0.25) is 0 Å². The number of hydrogen-bond donors (Lipinski definition) is 1. The molecule has 2 unspecified atom stereocenters. The van der Waals surface area contributed by atoms with E-state index in [4.69, 9.17) is 10.5 Å². The molecule has 100 valence electrons. The summed E-state index contributed by atoms with van der Waals surface area (Å²) in [7, 11) is 0. The van der Waals surface area contributed by atoms with Gasteiger partial charge in [0, 0.05) is 30.3 Å². The number of ether oxygens (including phenoxy) is 1. The molecule has 2 atom stereocenters. The molecule has 0 amide bonds. The maximum absolute atomic E-state index is 6.39. The number of pyridine rings is 1. The van der Waals surface area contributed by atoms with Gasteiger partial charge in [-0.2, -0.15) is 0 Å². The molecule has 0 aromatic carbocycles. The highest BCUT2D eigenvalue weighted by Gasteiger charge is 2.48.